The Bertz CT molecular complexity index is 1260. The van der Waals surface area contributed by atoms with Crippen LogP contribution in [0.4, 0.5) is 27.9 Å². The Morgan fingerprint density at radius 3 is 2.51 bits per heavy atom. The standard InChI is InChI=1S/C24H26F5N7O/c1-34(2)7-8-35-13-20(14-3-4-18(25)17(9-14)24(27,28)29)33-22(35)16-5-6-36(12-19(16)26)23-31-10-15(11-32-23)21(30)37/h3-4,9-11,13,16,19H,5-8,12H2,1-2H3,(H2,30,37)/t16?,19-/m1/s1. The molecule has 0 aliphatic carbocycles. The highest BCUT2D eigenvalue weighted by Gasteiger charge is 2.36. The molecule has 4 rings (SSSR count). The number of imidazole rings is 1. The molecule has 1 aliphatic heterocycles. The second kappa shape index (κ2) is 10.4. The minimum atomic E-state index is -4.86. The zero-order valence-electron chi connectivity index (χ0n) is 20.2. The fourth-order valence-corrected chi connectivity index (χ4v) is 4.24. The summed E-state index contributed by atoms with van der Waals surface area (Å²) in [5.74, 6) is -2.00. The summed E-state index contributed by atoms with van der Waals surface area (Å²) in [4.78, 5) is 27.5. The van der Waals surface area contributed by atoms with Gasteiger partial charge in [0, 0.05) is 43.8 Å². The van der Waals surface area contributed by atoms with Crippen LogP contribution in [-0.4, -0.2) is 70.2 Å². The van der Waals surface area contributed by atoms with Crippen LogP contribution in [0.5, 0.6) is 0 Å². The van der Waals surface area contributed by atoms with Crippen molar-refractivity contribution in [2.45, 2.75) is 31.2 Å². The van der Waals surface area contributed by atoms with E-state index < -0.39 is 35.6 Å². The molecule has 3 aromatic rings. The maximum atomic E-state index is 15.5. The van der Waals surface area contributed by atoms with Gasteiger partial charge in [-0.05, 0) is 38.7 Å². The molecule has 3 heterocycles. The van der Waals surface area contributed by atoms with Crippen LogP contribution in [-0.2, 0) is 12.7 Å². The summed E-state index contributed by atoms with van der Waals surface area (Å²) in [5, 5.41) is 0. The van der Waals surface area contributed by atoms with Gasteiger partial charge < -0.3 is 20.1 Å². The van der Waals surface area contributed by atoms with Crippen molar-refractivity contribution < 1.29 is 26.7 Å². The fraction of sp³-hybridized carbons (Fsp3) is 0.417. The Kier molecular flexibility index (Phi) is 7.44. The van der Waals surface area contributed by atoms with E-state index >= 15 is 4.39 Å². The average molecular weight is 524 g/mol. The fourth-order valence-electron chi connectivity index (χ4n) is 4.24. The van der Waals surface area contributed by atoms with Crippen molar-refractivity contribution in [3.05, 3.63) is 59.6 Å². The number of likely N-dealkylation sites (N-methyl/N-ethyl adjacent to an activating group) is 1. The van der Waals surface area contributed by atoms with E-state index in [1.165, 1.54) is 18.5 Å². The summed E-state index contributed by atoms with van der Waals surface area (Å²) < 4.78 is 70.9. The molecule has 8 nitrogen and oxygen atoms in total. The van der Waals surface area contributed by atoms with Crippen LogP contribution >= 0.6 is 0 Å². The molecule has 0 saturated carbocycles. The number of rotatable bonds is 7. The third-order valence-electron chi connectivity index (χ3n) is 6.24. The number of hydrogen-bond acceptors (Lipinski definition) is 6. The van der Waals surface area contributed by atoms with E-state index in [9.17, 15) is 22.4 Å². The van der Waals surface area contributed by atoms with Gasteiger partial charge in [0.25, 0.3) is 5.91 Å². The van der Waals surface area contributed by atoms with Crippen molar-refractivity contribution in [1.29, 1.82) is 0 Å². The number of piperidine rings is 1. The lowest BCUT2D eigenvalue weighted by Crippen LogP contribution is -2.42. The van der Waals surface area contributed by atoms with Crippen molar-refractivity contribution >= 4 is 11.9 Å². The van der Waals surface area contributed by atoms with E-state index in [2.05, 4.69) is 15.0 Å². The lowest BCUT2D eigenvalue weighted by atomic mass is 9.94. The topological polar surface area (TPSA) is 93.2 Å². The number of nitrogens with zero attached hydrogens (tertiary/aromatic N) is 6. The lowest BCUT2D eigenvalue weighted by molar-refractivity contribution is -0.139. The molecule has 198 valence electrons. The first-order valence-corrected chi connectivity index (χ1v) is 11.5. The van der Waals surface area contributed by atoms with E-state index in [0.29, 0.717) is 31.9 Å². The smallest absolute Gasteiger partial charge is 0.366 e. The molecule has 1 aliphatic rings. The Morgan fingerprint density at radius 2 is 1.92 bits per heavy atom. The quantitative estimate of drug-likeness (QED) is 0.477. The Morgan fingerprint density at radius 1 is 1.22 bits per heavy atom. The van der Waals surface area contributed by atoms with Gasteiger partial charge in [0.2, 0.25) is 5.95 Å². The Labute approximate surface area is 209 Å². The summed E-state index contributed by atoms with van der Waals surface area (Å²) in [6, 6.07) is 2.71. The van der Waals surface area contributed by atoms with E-state index in [0.717, 1.165) is 12.1 Å². The summed E-state index contributed by atoms with van der Waals surface area (Å²) in [6.45, 7) is 1.39. The highest BCUT2D eigenvalue weighted by atomic mass is 19.4. The van der Waals surface area contributed by atoms with Crippen molar-refractivity contribution in [2.75, 3.05) is 38.6 Å². The number of aromatic nitrogens is 4. The Balaban J connectivity index is 1.61. The van der Waals surface area contributed by atoms with Crippen molar-refractivity contribution in [2.24, 2.45) is 5.73 Å². The number of amides is 1. The summed E-state index contributed by atoms with van der Waals surface area (Å²) >= 11 is 0. The number of halogens is 5. The zero-order valence-corrected chi connectivity index (χ0v) is 20.2. The zero-order chi connectivity index (χ0) is 26.9. The molecule has 0 spiro atoms. The highest BCUT2D eigenvalue weighted by molar-refractivity contribution is 5.92. The van der Waals surface area contributed by atoms with Gasteiger partial charge in [0.05, 0.1) is 29.3 Å². The predicted octanol–water partition coefficient (Wildman–Crippen LogP) is 3.49. The van der Waals surface area contributed by atoms with E-state index in [1.54, 1.807) is 15.7 Å². The monoisotopic (exact) mass is 523 g/mol. The maximum absolute atomic E-state index is 15.5. The average Bonchev–Trinajstić information content (AvgIpc) is 3.26. The summed E-state index contributed by atoms with van der Waals surface area (Å²) in [7, 11) is 3.74. The van der Waals surface area contributed by atoms with Crippen LogP contribution in [0.3, 0.4) is 0 Å². The van der Waals surface area contributed by atoms with Gasteiger partial charge in [-0.3, -0.25) is 4.79 Å². The van der Waals surface area contributed by atoms with E-state index in [1.807, 2.05) is 19.0 Å². The maximum Gasteiger partial charge on any atom is 0.419 e. The molecule has 2 aromatic heterocycles. The van der Waals surface area contributed by atoms with Crippen LogP contribution in [0.2, 0.25) is 0 Å². The van der Waals surface area contributed by atoms with Gasteiger partial charge in [-0.15, -0.1) is 0 Å². The molecule has 2 N–H and O–H groups in total. The number of hydrogen-bond donors (Lipinski definition) is 1. The number of carbonyl (C=O) groups excluding carboxylic acids is 1. The van der Waals surface area contributed by atoms with Gasteiger partial charge in [0.1, 0.15) is 17.8 Å². The van der Waals surface area contributed by atoms with Gasteiger partial charge in [-0.2, -0.15) is 13.2 Å². The summed E-state index contributed by atoms with van der Waals surface area (Å²) in [6.07, 6.45) is -1.75. The molecule has 13 heteroatoms. The van der Waals surface area contributed by atoms with E-state index in [-0.39, 0.29) is 29.3 Å². The lowest BCUT2D eigenvalue weighted by Gasteiger charge is -2.34. The highest BCUT2D eigenvalue weighted by Crippen LogP contribution is 2.36. The molecular weight excluding hydrogens is 497 g/mol. The second-order valence-corrected chi connectivity index (χ2v) is 9.17. The molecule has 1 saturated heterocycles. The van der Waals surface area contributed by atoms with Crippen LogP contribution < -0.4 is 10.6 Å². The molecule has 37 heavy (non-hydrogen) atoms. The normalized spacial score (nSPS) is 18.4. The number of alkyl halides is 4. The van der Waals surface area contributed by atoms with Crippen LogP contribution in [0.25, 0.3) is 11.3 Å². The van der Waals surface area contributed by atoms with E-state index in [4.69, 9.17) is 5.73 Å². The van der Waals surface area contributed by atoms with Gasteiger partial charge in [-0.1, -0.05) is 0 Å². The first kappa shape index (κ1) is 26.5. The SMILES string of the molecule is CN(C)CCn1cc(-c2ccc(F)c(C(F)(F)F)c2)nc1C1CCN(c2ncc(C(N)=O)cn2)C[C@H]1F. The van der Waals surface area contributed by atoms with Crippen LogP contribution in [0.1, 0.15) is 34.1 Å². The summed E-state index contributed by atoms with van der Waals surface area (Å²) in [5.41, 5.74) is 4.26. The van der Waals surface area contributed by atoms with Gasteiger partial charge in [0.15, 0.2) is 0 Å². The van der Waals surface area contributed by atoms with Crippen LogP contribution in [0.15, 0.2) is 36.8 Å². The molecule has 0 radical (unpaired) electrons. The molecular formula is C24H26F5N7O. The largest absolute Gasteiger partial charge is 0.419 e. The first-order chi connectivity index (χ1) is 17.4. The third kappa shape index (κ3) is 5.87. The van der Waals surface area contributed by atoms with Crippen molar-refractivity contribution in [3.8, 4) is 11.3 Å². The number of benzene rings is 1. The van der Waals surface area contributed by atoms with Crippen molar-refractivity contribution in [3.63, 3.8) is 0 Å². The number of nitrogens with two attached hydrogens (primary N) is 1. The molecule has 1 amide bonds. The van der Waals surface area contributed by atoms with Crippen LogP contribution in [0, 0.1) is 5.82 Å². The minimum Gasteiger partial charge on any atom is -0.366 e. The third-order valence-corrected chi connectivity index (χ3v) is 6.24. The second-order valence-electron chi connectivity index (χ2n) is 9.17. The van der Waals surface area contributed by atoms with Gasteiger partial charge >= 0.3 is 6.18 Å². The predicted molar refractivity (Wildman–Crippen MR) is 126 cm³/mol. The number of anilines is 1. The minimum absolute atomic E-state index is 0.0365. The first-order valence-electron chi connectivity index (χ1n) is 11.5. The molecule has 1 unspecified atom stereocenters. The molecule has 1 aromatic carbocycles. The molecule has 2 atom stereocenters. The van der Waals surface area contributed by atoms with Crippen molar-refractivity contribution in [1.82, 2.24) is 24.4 Å². The number of carbonyl (C=O) groups is 1. The molecule has 0 bridgehead atoms. The Hall–Kier alpha value is -3.61. The van der Waals surface area contributed by atoms with Gasteiger partial charge in [-0.25, -0.2) is 23.7 Å². The number of primary amides is 1. The molecule has 1 fully saturated rings.